The second-order valence-electron chi connectivity index (χ2n) is 4.46. The summed E-state index contributed by atoms with van der Waals surface area (Å²) in [6.45, 7) is 0. The number of thioether (sulfide) groups is 1. The molecule has 0 fully saturated rings. The first kappa shape index (κ1) is 14.5. The summed E-state index contributed by atoms with van der Waals surface area (Å²) in [5.41, 5.74) is 0.689. The third-order valence-electron chi connectivity index (χ3n) is 3.02. The van der Waals surface area contributed by atoms with Crippen molar-refractivity contribution in [1.29, 1.82) is 0 Å². The smallest absolute Gasteiger partial charge is 0.247 e. The third-order valence-corrected chi connectivity index (χ3v) is 3.66. The Morgan fingerprint density at radius 2 is 1.95 bits per heavy atom. The number of amides is 1. The number of benzene rings is 1. The van der Waals surface area contributed by atoms with Crippen LogP contribution in [-0.4, -0.2) is 27.6 Å². The summed E-state index contributed by atoms with van der Waals surface area (Å²) in [5.74, 6) is 1.07. The Morgan fingerprint density at radius 3 is 2.55 bits per heavy atom. The largest absolute Gasteiger partial charge is 0.508 e. The highest BCUT2D eigenvalue weighted by molar-refractivity contribution is 7.98. The van der Waals surface area contributed by atoms with Gasteiger partial charge >= 0.3 is 0 Å². The highest BCUT2D eigenvalue weighted by atomic mass is 32.2. The number of nitrogens with zero attached hydrogens (tertiary/aromatic N) is 1. The Kier molecular flexibility index (Phi) is 5.12. The van der Waals surface area contributed by atoms with E-state index >= 15 is 0 Å². The summed E-state index contributed by atoms with van der Waals surface area (Å²) in [6.07, 6.45) is 6.62. The molecule has 0 saturated carbocycles. The van der Waals surface area contributed by atoms with Gasteiger partial charge in [0.2, 0.25) is 5.91 Å². The fourth-order valence-electron chi connectivity index (χ4n) is 1.97. The summed E-state index contributed by atoms with van der Waals surface area (Å²) in [6, 6.07) is 10.1. The van der Waals surface area contributed by atoms with Crippen LogP contribution < -0.4 is 5.32 Å². The van der Waals surface area contributed by atoms with E-state index in [9.17, 15) is 9.90 Å². The quantitative estimate of drug-likeness (QED) is 0.804. The number of phenolic OH excluding ortho intramolecular Hbond substituents is 1. The highest BCUT2D eigenvalue weighted by Gasteiger charge is 2.19. The zero-order valence-electron chi connectivity index (χ0n) is 11.3. The lowest BCUT2D eigenvalue weighted by atomic mass is 10.2. The molecule has 1 heterocycles. The molecule has 4 nitrogen and oxygen atoms in total. The van der Waals surface area contributed by atoms with Gasteiger partial charge in [0.05, 0.1) is 0 Å². The van der Waals surface area contributed by atoms with E-state index in [1.54, 1.807) is 36.0 Å². The lowest BCUT2D eigenvalue weighted by Crippen LogP contribution is -2.25. The molecule has 0 bridgehead atoms. The van der Waals surface area contributed by atoms with Crippen LogP contribution in [-0.2, 0) is 4.79 Å². The fourth-order valence-corrected chi connectivity index (χ4v) is 2.43. The minimum absolute atomic E-state index is 0.0408. The fraction of sp³-hybridized carbons (Fsp3) is 0.267. The molecule has 20 heavy (non-hydrogen) atoms. The zero-order valence-corrected chi connectivity index (χ0v) is 12.1. The Labute approximate surface area is 122 Å². The molecule has 1 aromatic carbocycles. The van der Waals surface area contributed by atoms with Gasteiger partial charge in [0.1, 0.15) is 11.8 Å². The minimum Gasteiger partial charge on any atom is -0.508 e. The molecule has 106 valence electrons. The van der Waals surface area contributed by atoms with Gasteiger partial charge in [-0.1, -0.05) is 0 Å². The monoisotopic (exact) mass is 290 g/mol. The van der Waals surface area contributed by atoms with E-state index < -0.39 is 0 Å². The van der Waals surface area contributed by atoms with Crippen molar-refractivity contribution in [2.75, 3.05) is 17.3 Å². The van der Waals surface area contributed by atoms with Gasteiger partial charge in [-0.25, -0.2) is 0 Å². The number of anilines is 1. The number of aromatic hydroxyl groups is 1. The maximum absolute atomic E-state index is 12.4. The van der Waals surface area contributed by atoms with Crippen molar-refractivity contribution in [2.45, 2.75) is 12.5 Å². The van der Waals surface area contributed by atoms with E-state index in [4.69, 9.17) is 0 Å². The summed E-state index contributed by atoms with van der Waals surface area (Å²) in [5, 5.41) is 12.1. The molecule has 0 aliphatic carbocycles. The molecule has 1 amide bonds. The van der Waals surface area contributed by atoms with Crippen molar-refractivity contribution in [3.05, 3.63) is 48.8 Å². The van der Waals surface area contributed by atoms with Crippen LogP contribution >= 0.6 is 11.8 Å². The summed E-state index contributed by atoms with van der Waals surface area (Å²) in [4.78, 5) is 12.4. The normalized spacial score (nSPS) is 12.1. The second kappa shape index (κ2) is 7.05. The average Bonchev–Trinajstić information content (AvgIpc) is 2.96. The second-order valence-corrected chi connectivity index (χ2v) is 5.45. The van der Waals surface area contributed by atoms with Gasteiger partial charge < -0.3 is 15.0 Å². The number of carbonyl (C=O) groups is 1. The van der Waals surface area contributed by atoms with Crippen LogP contribution in [0.15, 0.2) is 48.8 Å². The standard InChI is InChI=1S/C15H18N2O2S/c1-20-11-8-14(17-9-2-3-10-17)15(19)16-12-4-6-13(18)7-5-12/h2-7,9-10,14,18H,8,11H2,1H3,(H,16,19). The van der Waals surface area contributed by atoms with Crippen molar-refractivity contribution < 1.29 is 9.90 Å². The molecule has 2 aromatic rings. The Hall–Kier alpha value is -1.88. The molecular weight excluding hydrogens is 272 g/mol. The van der Waals surface area contributed by atoms with Gasteiger partial charge in [0, 0.05) is 18.1 Å². The van der Waals surface area contributed by atoms with Gasteiger partial charge in [-0.3, -0.25) is 4.79 Å². The summed E-state index contributed by atoms with van der Waals surface area (Å²) in [7, 11) is 0. The molecule has 0 saturated heterocycles. The van der Waals surface area contributed by atoms with E-state index in [1.807, 2.05) is 35.3 Å². The molecule has 0 spiro atoms. The molecule has 2 rings (SSSR count). The minimum atomic E-state index is -0.216. The van der Waals surface area contributed by atoms with Crippen LogP contribution in [0.3, 0.4) is 0 Å². The van der Waals surface area contributed by atoms with Gasteiger partial charge in [-0.2, -0.15) is 11.8 Å². The maximum Gasteiger partial charge on any atom is 0.247 e. The summed E-state index contributed by atoms with van der Waals surface area (Å²) >= 11 is 1.73. The van der Waals surface area contributed by atoms with Gasteiger partial charge in [0.15, 0.2) is 0 Å². The zero-order chi connectivity index (χ0) is 14.4. The van der Waals surface area contributed by atoms with E-state index in [2.05, 4.69) is 5.32 Å². The Balaban J connectivity index is 2.08. The average molecular weight is 290 g/mol. The molecular formula is C15H18N2O2S. The van der Waals surface area contributed by atoms with Crippen LogP contribution in [0.1, 0.15) is 12.5 Å². The van der Waals surface area contributed by atoms with Crippen molar-refractivity contribution in [3.63, 3.8) is 0 Å². The Morgan fingerprint density at radius 1 is 1.30 bits per heavy atom. The van der Waals surface area contributed by atoms with Crippen molar-refractivity contribution >= 4 is 23.4 Å². The van der Waals surface area contributed by atoms with Crippen LogP contribution in [0, 0.1) is 0 Å². The third kappa shape index (κ3) is 3.81. The SMILES string of the molecule is CSCCC(C(=O)Nc1ccc(O)cc1)n1cccc1. The molecule has 2 N–H and O–H groups in total. The molecule has 1 unspecified atom stereocenters. The van der Waals surface area contributed by atoms with Gasteiger partial charge in [-0.15, -0.1) is 0 Å². The number of aromatic nitrogens is 1. The number of phenols is 1. The summed E-state index contributed by atoms with van der Waals surface area (Å²) < 4.78 is 1.92. The number of hydrogen-bond acceptors (Lipinski definition) is 3. The molecule has 0 aliphatic heterocycles. The molecule has 1 aromatic heterocycles. The predicted molar refractivity (Wildman–Crippen MR) is 83.2 cm³/mol. The van der Waals surface area contributed by atoms with E-state index in [1.165, 1.54) is 0 Å². The molecule has 0 aliphatic rings. The Bertz CT molecular complexity index is 538. The first-order valence-corrected chi connectivity index (χ1v) is 7.81. The van der Waals surface area contributed by atoms with Gasteiger partial charge in [0.25, 0.3) is 0 Å². The van der Waals surface area contributed by atoms with E-state index in [0.717, 1.165) is 12.2 Å². The topological polar surface area (TPSA) is 54.3 Å². The maximum atomic E-state index is 12.4. The lowest BCUT2D eigenvalue weighted by Gasteiger charge is -2.18. The number of nitrogens with one attached hydrogen (secondary N) is 1. The van der Waals surface area contributed by atoms with Crippen molar-refractivity contribution in [3.8, 4) is 5.75 Å². The van der Waals surface area contributed by atoms with Crippen LogP contribution in [0.25, 0.3) is 0 Å². The number of carbonyl (C=O) groups excluding carboxylic acids is 1. The molecule has 1 atom stereocenters. The molecule has 5 heteroatoms. The highest BCUT2D eigenvalue weighted by Crippen LogP contribution is 2.19. The van der Waals surface area contributed by atoms with Crippen LogP contribution in [0.4, 0.5) is 5.69 Å². The van der Waals surface area contributed by atoms with Gasteiger partial charge in [-0.05, 0) is 54.8 Å². The van der Waals surface area contributed by atoms with E-state index in [0.29, 0.717) is 5.69 Å². The number of hydrogen-bond donors (Lipinski definition) is 2. The van der Waals surface area contributed by atoms with E-state index in [-0.39, 0.29) is 17.7 Å². The predicted octanol–water partition coefficient (Wildman–Crippen LogP) is 3.13. The first-order chi connectivity index (χ1) is 9.70. The first-order valence-electron chi connectivity index (χ1n) is 6.42. The van der Waals surface area contributed by atoms with Crippen LogP contribution in [0.2, 0.25) is 0 Å². The van der Waals surface area contributed by atoms with Crippen molar-refractivity contribution in [2.24, 2.45) is 0 Å². The molecule has 0 radical (unpaired) electrons. The van der Waals surface area contributed by atoms with Crippen LogP contribution in [0.5, 0.6) is 5.75 Å². The number of rotatable bonds is 6. The lowest BCUT2D eigenvalue weighted by molar-refractivity contribution is -0.119. The van der Waals surface area contributed by atoms with Crippen molar-refractivity contribution in [1.82, 2.24) is 4.57 Å².